The summed E-state index contributed by atoms with van der Waals surface area (Å²) in [5.74, 6) is -0.0782. The Bertz CT molecular complexity index is 332. The minimum Gasteiger partial charge on any atom is -0.396 e. The number of hydrogen-bond acceptors (Lipinski definition) is 3. The molecule has 0 bridgehead atoms. The quantitative estimate of drug-likeness (QED) is 0.654. The van der Waals surface area contributed by atoms with Gasteiger partial charge in [-0.15, -0.1) is 0 Å². The van der Waals surface area contributed by atoms with Gasteiger partial charge in [0.15, 0.2) is 0 Å². The molecule has 3 nitrogen and oxygen atoms in total. The number of anilines is 2. The third-order valence-electron chi connectivity index (χ3n) is 1.72. The molecule has 0 radical (unpaired) electrons. The molecule has 0 unspecified atom stereocenters. The Kier molecular flexibility index (Phi) is 2.07. The molecule has 1 aromatic heterocycles. The summed E-state index contributed by atoms with van der Waals surface area (Å²) >= 11 is 0. The molecule has 6 heteroatoms. The molecule has 0 aromatic carbocycles. The van der Waals surface area contributed by atoms with E-state index in [4.69, 9.17) is 11.5 Å². The number of nitrogens with two attached hydrogens (primary N) is 2. The van der Waals surface area contributed by atoms with E-state index < -0.39 is 11.7 Å². The van der Waals surface area contributed by atoms with Crippen LogP contribution >= 0.6 is 0 Å². The Labute approximate surface area is 72.6 Å². The van der Waals surface area contributed by atoms with Crippen molar-refractivity contribution in [2.75, 3.05) is 11.5 Å². The first kappa shape index (κ1) is 9.63. The second kappa shape index (κ2) is 2.79. The molecule has 0 fully saturated rings. The van der Waals surface area contributed by atoms with Crippen LogP contribution in [-0.2, 0) is 6.18 Å². The molecule has 0 amide bonds. The van der Waals surface area contributed by atoms with Gasteiger partial charge in [0.25, 0.3) is 0 Å². The number of pyridine rings is 1. The number of nitrogen functional groups attached to an aromatic ring is 2. The van der Waals surface area contributed by atoms with E-state index in [1.165, 1.54) is 6.92 Å². The molecule has 0 saturated carbocycles. The van der Waals surface area contributed by atoms with E-state index in [1.807, 2.05) is 0 Å². The Balaban J connectivity index is 3.35. The van der Waals surface area contributed by atoms with Gasteiger partial charge >= 0.3 is 6.18 Å². The molecule has 0 atom stereocenters. The van der Waals surface area contributed by atoms with E-state index in [0.29, 0.717) is 6.20 Å². The Hall–Kier alpha value is -1.46. The minimum atomic E-state index is -4.43. The molecule has 1 aromatic rings. The molecule has 0 saturated heterocycles. The summed E-state index contributed by atoms with van der Waals surface area (Å²) in [4.78, 5) is 3.34. The SMILES string of the molecule is Cc1c(C(F)(F)F)cnc(N)c1N. The molecule has 1 rings (SSSR count). The second-order valence-electron chi connectivity index (χ2n) is 2.59. The highest BCUT2D eigenvalue weighted by atomic mass is 19.4. The van der Waals surface area contributed by atoms with Crippen LogP contribution < -0.4 is 11.5 Å². The van der Waals surface area contributed by atoms with E-state index in [0.717, 1.165) is 0 Å². The minimum absolute atomic E-state index is 0.0782. The van der Waals surface area contributed by atoms with Crippen molar-refractivity contribution >= 4 is 11.5 Å². The zero-order chi connectivity index (χ0) is 10.2. The molecular weight excluding hydrogens is 183 g/mol. The van der Waals surface area contributed by atoms with Crippen LogP contribution in [0, 0.1) is 6.92 Å². The monoisotopic (exact) mass is 191 g/mol. The Morgan fingerprint density at radius 1 is 1.31 bits per heavy atom. The van der Waals surface area contributed by atoms with E-state index in [2.05, 4.69) is 4.98 Å². The maximum atomic E-state index is 12.2. The maximum Gasteiger partial charge on any atom is 0.418 e. The summed E-state index contributed by atoms with van der Waals surface area (Å²) in [6, 6.07) is 0. The number of rotatable bonds is 0. The second-order valence-corrected chi connectivity index (χ2v) is 2.59. The van der Waals surface area contributed by atoms with E-state index in [1.54, 1.807) is 0 Å². The lowest BCUT2D eigenvalue weighted by Gasteiger charge is -2.12. The lowest BCUT2D eigenvalue weighted by Crippen LogP contribution is -2.11. The fraction of sp³-hybridized carbons (Fsp3) is 0.286. The standard InChI is InChI=1S/C7H8F3N3/c1-3-4(7(8,9)10)2-13-6(12)5(3)11/h2H,11H2,1H3,(H2,12,13). The molecule has 0 aliphatic rings. The highest BCUT2D eigenvalue weighted by Crippen LogP contribution is 2.34. The zero-order valence-electron chi connectivity index (χ0n) is 6.81. The first-order chi connectivity index (χ1) is 5.84. The highest BCUT2D eigenvalue weighted by molar-refractivity contribution is 5.64. The van der Waals surface area contributed by atoms with Gasteiger partial charge in [0, 0.05) is 6.20 Å². The van der Waals surface area contributed by atoms with Crippen molar-refractivity contribution in [2.24, 2.45) is 0 Å². The van der Waals surface area contributed by atoms with Crippen LogP contribution in [0.4, 0.5) is 24.7 Å². The largest absolute Gasteiger partial charge is 0.418 e. The summed E-state index contributed by atoms with van der Waals surface area (Å²) < 4.78 is 36.7. The van der Waals surface area contributed by atoms with E-state index in [9.17, 15) is 13.2 Å². The number of halogens is 3. The summed E-state index contributed by atoms with van der Waals surface area (Å²) in [7, 11) is 0. The predicted molar refractivity (Wildman–Crippen MR) is 42.8 cm³/mol. The van der Waals surface area contributed by atoms with Crippen LogP contribution in [-0.4, -0.2) is 4.98 Å². The molecule has 0 aliphatic heterocycles. The van der Waals surface area contributed by atoms with Gasteiger partial charge < -0.3 is 11.5 Å². The average Bonchev–Trinajstić information content (AvgIpc) is 1.98. The van der Waals surface area contributed by atoms with Crippen molar-refractivity contribution in [3.8, 4) is 0 Å². The fourth-order valence-electron chi connectivity index (χ4n) is 0.923. The predicted octanol–water partition coefficient (Wildman–Crippen LogP) is 1.57. The van der Waals surface area contributed by atoms with Crippen LogP contribution in [0.2, 0.25) is 0 Å². The fourth-order valence-corrected chi connectivity index (χ4v) is 0.923. The number of nitrogens with zero attached hydrogens (tertiary/aromatic N) is 1. The van der Waals surface area contributed by atoms with Crippen molar-refractivity contribution in [1.82, 2.24) is 4.98 Å². The molecule has 13 heavy (non-hydrogen) atoms. The summed E-state index contributed by atoms with van der Waals surface area (Å²) in [5.41, 5.74) is 9.47. The average molecular weight is 191 g/mol. The van der Waals surface area contributed by atoms with Crippen LogP contribution in [0.25, 0.3) is 0 Å². The number of aromatic nitrogens is 1. The Morgan fingerprint density at radius 3 is 2.31 bits per heavy atom. The molecule has 72 valence electrons. The Morgan fingerprint density at radius 2 is 1.85 bits per heavy atom. The molecule has 0 aliphatic carbocycles. The van der Waals surface area contributed by atoms with Crippen LogP contribution in [0.3, 0.4) is 0 Å². The third kappa shape index (κ3) is 1.66. The third-order valence-corrected chi connectivity index (χ3v) is 1.72. The summed E-state index contributed by atoms with van der Waals surface area (Å²) in [6.45, 7) is 1.26. The van der Waals surface area contributed by atoms with Gasteiger partial charge in [-0.25, -0.2) is 4.98 Å². The van der Waals surface area contributed by atoms with Crippen LogP contribution in [0.5, 0.6) is 0 Å². The first-order valence-electron chi connectivity index (χ1n) is 3.41. The first-order valence-corrected chi connectivity index (χ1v) is 3.41. The molecular formula is C7H8F3N3. The topological polar surface area (TPSA) is 64.9 Å². The van der Waals surface area contributed by atoms with Gasteiger partial charge in [-0.1, -0.05) is 0 Å². The molecule has 0 spiro atoms. The van der Waals surface area contributed by atoms with Crippen molar-refractivity contribution in [3.05, 3.63) is 17.3 Å². The summed E-state index contributed by atoms with van der Waals surface area (Å²) in [6.07, 6.45) is -3.75. The van der Waals surface area contributed by atoms with E-state index >= 15 is 0 Å². The van der Waals surface area contributed by atoms with Crippen molar-refractivity contribution < 1.29 is 13.2 Å². The van der Waals surface area contributed by atoms with Gasteiger partial charge in [0.2, 0.25) is 0 Å². The number of hydrogen-bond donors (Lipinski definition) is 2. The van der Waals surface area contributed by atoms with Crippen molar-refractivity contribution in [1.29, 1.82) is 0 Å². The van der Waals surface area contributed by atoms with Gasteiger partial charge in [-0.2, -0.15) is 13.2 Å². The van der Waals surface area contributed by atoms with Gasteiger partial charge in [0.1, 0.15) is 5.82 Å². The lowest BCUT2D eigenvalue weighted by molar-refractivity contribution is -0.138. The normalized spacial score (nSPS) is 11.7. The number of alkyl halides is 3. The van der Waals surface area contributed by atoms with Gasteiger partial charge in [-0.05, 0) is 12.5 Å². The molecule has 1 heterocycles. The summed E-state index contributed by atoms with van der Waals surface area (Å²) in [5, 5.41) is 0. The maximum absolute atomic E-state index is 12.2. The lowest BCUT2D eigenvalue weighted by atomic mass is 10.1. The van der Waals surface area contributed by atoms with Crippen LogP contribution in [0.15, 0.2) is 6.20 Å². The van der Waals surface area contributed by atoms with Crippen LogP contribution in [0.1, 0.15) is 11.1 Å². The highest BCUT2D eigenvalue weighted by Gasteiger charge is 2.33. The zero-order valence-corrected chi connectivity index (χ0v) is 6.81. The van der Waals surface area contributed by atoms with Gasteiger partial charge in [0.05, 0.1) is 11.3 Å². The molecule has 4 N–H and O–H groups in total. The van der Waals surface area contributed by atoms with Crippen molar-refractivity contribution in [3.63, 3.8) is 0 Å². The van der Waals surface area contributed by atoms with E-state index in [-0.39, 0.29) is 17.1 Å². The smallest absolute Gasteiger partial charge is 0.396 e. The van der Waals surface area contributed by atoms with Crippen molar-refractivity contribution in [2.45, 2.75) is 13.1 Å². The van der Waals surface area contributed by atoms with Gasteiger partial charge in [-0.3, -0.25) is 0 Å².